The summed E-state index contributed by atoms with van der Waals surface area (Å²) < 4.78 is 6.15. The first-order chi connectivity index (χ1) is 11.4. The molecule has 0 atom stereocenters. The summed E-state index contributed by atoms with van der Waals surface area (Å²) >= 11 is 0. The molecule has 0 bridgehead atoms. The number of unbranched alkanes of at least 4 members (excludes halogenated alkanes) is 3. The minimum atomic E-state index is 0.706. The quantitative estimate of drug-likeness (QED) is 0.321. The maximum Gasteiger partial charge on any atom is 0.181 e. The Balaban J connectivity index is 2.22. The molecule has 0 saturated heterocycles. The highest BCUT2D eigenvalue weighted by Gasteiger charge is 2.16. The first-order valence-electron chi connectivity index (χ1n) is 8.30. The zero-order valence-electron chi connectivity index (χ0n) is 13.7. The standard InChI is InChI=1S/C20H24N2O/c1-2-3-4-10-15-23-20(17-11-6-5-7-12-17)18-13-8-9-14-19(18)22-16-21/h5-9,11-12,14,22H,2-4,10,13,15H2,1H3. The van der Waals surface area contributed by atoms with Crippen molar-refractivity contribution in [2.24, 2.45) is 0 Å². The molecule has 1 N–H and O–H groups in total. The zero-order chi connectivity index (χ0) is 16.3. The van der Waals surface area contributed by atoms with Gasteiger partial charge in [0, 0.05) is 11.1 Å². The molecule has 0 radical (unpaired) electrons. The highest BCUT2D eigenvalue weighted by atomic mass is 16.5. The van der Waals surface area contributed by atoms with Crippen LogP contribution in [0.4, 0.5) is 0 Å². The second-order valence-corrected chi connectivity index (χ2v) is 5.53. The lowest BCUT2D eigenvalue weighted by Gasteiger charge is -2.19. The van der Waals surface area contributed by atoms with Crippen molar-refractivity contribution in [3.63, 3.8) is 0 Å². The van der Waals surface area contributed by atoms with Crippen LogP contribution in [-0.4, -0.2) is 6.61 Å². The molecule has 0 aliphatic heterocycles. The van der Waals surface area contributed by atoms with E-state index in [-0.39, 0.29) is 0 Å². The Morgan fingerprint density at radius 3 is 2.78 bits per heavy atom. The van der Waals surface area contributed by atoms with Crippen LogP contribution in [-0.2, 0) is 4.74 Å². The number of allylic oxidation sites excluding steroid dienone is 4. The predicted octanol–water partition coefficient (Wildman–Crippen LogP) is 4.91. The van der Waals surface area contributed by atoms with Crippen LogP contribution in [0.5, 0.6) is 0 Å². The van der Waals surface area contributed by atoms with Crippen LogP contribution < -0.4 is 5.32 Å². The molecular formula is C20H24N2O. The lowest BCUT2D eigenvalue weighted by Crippen LogP contribution is -2.12. The molecule has 0 saturated carbocycles. The summed E-state index contributed by atoms with van der Waals surface area (Å²) in [4.78, 5) is 0. The number of nitrogens with one attached hydrogen (secondary N) is 1. The average molecular weight is 308 g/mol. The first kappa shape index (κ1) is 16.9. The summed E-state index contributed by atoms with van der Waals surface area (Å²) in [6.07, 6.45) is 13.5. The fraction of sp³-hybridized carbons (Fsp3) is 0.350. The molecule has 0 fully saturated rings. The molecule has 0 heterocycles. The predicted molar refractivity (Wildman–Crippen MR) is 94.0 cm³/mol. The number of hydrogen-bond acceptors (Lipinski definition) is 3. The van der Waals surface area contributed by atoms with E-state index in [4.69, 9.17) is 10.00 Å². The van der Waals surface area contributed by atoms with Gasteiger partial charge in [-0.2, -0.15) is 5.26 Å². The van der Waals surface area contributed by atoms with Crippen LogP contribution in [0.3, 0.4) is 0 Å². The van der Waals surface area contributed by atoms with Crippen molar-refractivity contribution in [3.05, 3.63) is 65.4 Å². The van der Waals surface area contributed by atoms with E-state index in [0.717, 1.165) is 35.4 Å². The third-order valence-electron chi connectivity index (χ3n) is 3.79. The van der Waals surface area contributed by atoms with E-state index in [9.17, 15) is 0 Å². The van der Waals surface area contributed by atoms with Crippen molar-refractivity contribution in [3.8, 4) is 6.19 Å². The van der Waals surface area contributed by atoms with E-state index in [0.29, 0.717) is 6.61 Å². The minimum Gasteiger partial charge on any atom is -0.493 e. The van der Waals surface area contributed by atoms with E-state index >= 15 is 0 Å². The normalized spacial score (nSPS) is 15.6. The van der Waals surface area contributed by atoms with Crippen molar-refractivity contribution in [1.82, 2.24) is 5.32 Å². The van der Waals surface area contributed by atoms with Gasteiger partial charge in [0.2, 0.25) is 0 Å². The van der Waals surface area contributed by atoms with Gasteiger partial charge in [0.05, 0.1) is 12.3 Å². The maximum atomic E-state index is 8.97. The highest BCUT2D eigenvalue weighted by Crippen LogP contribution is 2.29. The van der Waals surface area contributed by atoms with Gasteiger partial charge >= 0.3 is 0 Å². The zero-order valence-corrected chi connectivity index (χ0v) is 13.7. The van der Waals surface area contributed by atoms with E-state index in [1.165, 1.54) is 19.3 Å². The second-order valence-electron chi connectivity index (χ2n) is 5.53. The molecule has 0 spiro atoms. The SMILES string of the molecule is CCCCCCOC(=C1CC=CC=C1NC#N)c1ccccc1. The Morgan fingerprint density at radius 2 is 2.04 bits per heavy atom. The smallest absolute Gasteiger partial charge is 0.181 e. The van der Waals surface area contributed by atoms with Gasteiger partial charge in [0.1, 0.15) is 5.76 Å². The average Bonchev–Trinajstić information content (AvgIpc) is 2.60. The molecule has 1 aromatic carbocycles. The third-order valence-corrected chi connectivity index (χ3v) is 3.79. The number of rotatable bonds is 8. The number of nitrogens with zero attached hydrogens (tertiary/aromatic N) is 1. The van der Waals surface area contributed by atoms with Crippen LogP contribution >= 0.6 is 0 Å². The van der Waals surface area contributed by atoms with Gasteiger partial charge in [-0.3, -0.25) is 5.32 Å². The molecule has 0 amide bonds. The number of hydrogen-bond donors (Lipinski definition) is 1. The monoisotopic (exact) mass is 308 g/mol. The Morgan fingerprint density at radius 1 is 1.22 bits per heavy atom. The van der Waals surface area contributed by atoms with Crippen LogP contribution in [0.1, 0.15) is 44.6 Å². The largest absolute Gasteiger partial charge is 0.493 e. The van der Waals surface area contributed by atoms with Crippen LogP contribution in [0, 0.1) is 11.5 Å². The Kier molecular flexibility index (Phi) is 7.00. The molecule has 1 aromatic rings. The van der Waals surface area contributed by atoms with Crippen molar-refractivity contribution in [1.29, 1.82) is 5.26 Å². The molecular weight excluding hydrogens is 284 g/mol. The number of ether oxygens (including phenoxy) is 1. The fourth-order valence-corrected chi connectivity index (χ4v) is 2.59. The third kappa shape index (κ3) is 5.03. The van der Waals surface area contributed by atoms with Gasteiger partial charge in [-0.05, 0) is 18.9 Å². The molecule has 1 aliphatic rings. The van der Waals surface area contributed by atoms with Crippen molar-refractivity contribution in [2.45, 2.75) is 39.0 Å². The number of benzene rings is 1. The van der Waals surface area contributed by atoms with Crippen LogP contribution in [0.15, 0.2) is 59.8 Å². The highest BCUT2D eigenvalue weighted by molar-refractivity contribution is 5.68. The van der Waals surface area contributed by atoms with Gasteiger partial charge in [-0.25, -0.2) is 0 Å². The maximum absolute atomic E-state index is 8.97. The molecule has 2 rings (SSSR count). The lowest BCUT2D eigenvalue weighted by atomic mass is 9.99. The molecule has 3 nitrogen and oxygen atoms in total. The Bertz CT molecular complexity index is 621. The first-order valence-corrected chi connectivity index (χ1v) is 8.30. The Labute approximate surface area is 139 Å². The van der Waals surface area contributed by atoms with E-state index in [2.05, 4.69) is 30.4 Å². The van der Waals surface area contributed by atoms with E-state index in [1.807, 2.05) is 36.5 Å². The van der Waals surface area contributed by atoms with Crippen molar-refractivity contribution in [2.75, 3.05) is 6.61 Å². The summed E-state index contributed by atoms with van der Waals surface area (Å²) in [6, 6.07) is 10.1. The van der Waals surface area contributed by atoms with Crippen molar-refractivity contribution < 1.29 is 4.74 Å². The number of nitriles is 1. The second kappa shape index (κ2) is 9.53. The van der Waals surface area contributed by atoms with Gasteiger partial charge in [-0.15, -0.1) is 0 Å². The molecule has 1 aliphatic carbocycles. The molecule has 120 valence electrons. The molecule has 3 heteroatoms. The van der Waals surface area contributed by atoms with Crippen LogP contribution in [0.2, 0.25) is 0 Å². The molecule has 0 aromatic heterocycles. The van der Waals surface area contributed by atoms with Gasteiger partial charge < -0.3 is 4.74 Å². The minimum absolute atomic E-state index is 0.706. The van der Waals surface area contributed by atoms with E-state index in [1.54, 1.807) is 0 Å². The fourth-order valence-electron chi connectivity index (χ4n) is 2.59. The topological polar surface area (TPSA) is 45.0 Å². The van der Waals surface area contributed by atoms with Gasteiger partial charge in [-0.1, -0.05) is 68.7 Å². The van der Waals surface area contributed by atoms with Crippen LogP contribution in [0.25, 0.3) is 5.76 Å². The molecule has 0 unspecified atom stereocenters. The summed E-state index contributed by atoms with van der Waals surface area (Å²) in [5, 5.41) is 11.7. The lowest BCUT2D eigenvalue weighted by molar-refractivity contribution is 0.264. The van der Waals surface area contributed by atoms with E-state index < -0.39 is 0 Å². The van der Waals surface area contributed by atoms with Gasteiger partial charge in [0.25, 0.3) is 0 Å². The summed E-state index contributed by atoms with van der Waals surface area (Å²) in [5.41, 5.74) is 2.91. The Hall–Kier alpha value is -2.47. The summed E-state index contributed by atoms with van der Waals surface area (Å²) in [6.45, 7) is 2.91. The summed E-state index contributed by atoms with van der Waals surface area (Å²) in [5.74, 6) is 0.875. The van der Waals surface area contributed by atoms with Gasteiger partial charge in [0.15, 0.2) is 6.19 Å². The molecule has 23 heavy (non-hydrogen) atoms. The summed E-state index contributed by atoms with van der Waals surface area (Å²) in [7, 11) is 0. The van der Waals surface area contributed by atoms with Crippen molar-refractivity contribution >= 4 is 5.76 Å².